The van der Waals surface area contributed by atoms with E-state index in [1.54, 1.807) is 50.4 Å². The fraction of sp³-hybridized carbons (Fsp3) is 0.379. The van der Waals surface area contributed by atoms with E-state index in [9.17, 15) is 21.9 Å². The Labute approximate surface area is 237 Å². The molecule has 0 radical (unpaired) electrons. The summed E-state index contributed by atoms with van der Waals surface area (Å²) in [6, 6.07) is 18.1. The highest BCUT2D eigenvalue weighted by Crippen LogP contribution is 2.39. The molecule has 1 aliphatic heterocycles. The number of rotatable bonds is 8. The summed E-state index contributed by atoms with van der Waals surface area (Å²) in [4.78, 5) is 0.114. The molecule has 4 rings (SSSR count). The molecule has 1 heterocycles. The second-order valence-corrected chi connectivity index (χ2v) is 14.1. The number of aliphatic hydroxyl groups excluding tert-OH is 1. The Hall–Kier alpha value is -2.96. The molecule has 1 aliphatic rings. The van der Waals surface area contributed by atoms with Crippen LogP contribution in [0, 0.1) is 12.8 Å². The van der Waals surface area contributed by atoms with E-state index in [1.807, 2.05) is 38.1 Å². The zero-order chi connectivity index (χ0) is 29.2. The fourth-order valence-electron chi connectivity index (χ4n) is 4.74. The van der Waals surface area contributed by atoms with Crippen LogP contribution in [0.25, 0.3) is 11.1 Å². The number of aliphatic hydroxyl groups is 1. The van der Waals surface area contributed by atoms with Crippen LogP contribution in [-0.2, 0) is 20.0 Å². The van der Waals surface area contributed by atoms with E-state index < -0.39 is 38.1 Å². The molecule has 3 aromatic rings. The quantitative estimate of drug-likeness (QED) is 0.426. The average molecular weight is 589 g/mol. The summed E-state index contributed by atoms with van der Waals surface area (Å²) >= 11 is 0. The third kappa shape index (κ3) is 5.89. The molecule has 3 atom stereocenters. The van der Waals surface area contributed by atoms with Crippen molar-refractivity contribution >= 4 is 20.0 Å². The molecule has 3 aromatic carbocycles. The van der Waals surface area contributed by atoms with E-state index in [1.165, 1.54) is 21.7 Å². The summed E-state index contributed by atoms with van der Waals surface area (Å²) in [7, 11) is -4.83. The molecule has 40 heavy (non-hydrogen) atoms. The van der Waals surface area contributed by atoms with Gasteiger partial charge in [-0.05, 0) is 49.7 Å². The number of nitrogens with zero attached hydrogens (tertiary/aromatic N) is 2. The molecule has 0 saturated carbocycles. The van der Waals surface area contributed by atoms with Gasteiger partial charge in [-0.15, -0.1) is 0 Å². The number of likely N-dealkylation sites (N-methyl/N-ethyl adjacent to an activating group) is 1. The third-order valence-corrected chi connectivity index (χ3v) is 11.1. The van der Waals surface area contributed by atoms with Crippen LogP contribution in [0.5, 0.6) is 11.5 Å². The number of fused-ring (bicyclic) bond motifs is 1. The molecule has 216 valence electrons. The average Bonchev–Trinajstić information content (AvgIpc) is 2.94. The molecule has 11 heteroatoms. The van der Waals surface area contributed by atoms with Crippen molar-refractivity contribution in [3.8, 4) is 22.6 Å². The second kappa shape index (κ2) is 11.9. The van der Waals surface area contributed by atoms with E-state index in [0.717, 1.165) is 11.1 Å². The van der Waals surface area contributed by atoms with Crippen LogP contribution in [0.1, 0.15) is 19.4 Å². The highest BCUT2D eigenvalue weighted by Gasteiger charge is 2.39. The lowest BCUT2D eigenvalue weighted by Crippen LogP contribution is -2.50. The van der Waals surface area contributed by atoms with Gasteiger partial charge in [0.25, 0.3) is 0 Å². The minimum absolute atomic E-state index is 0.0168. The maximum absolute atomic E-state index is 13.8. The number of methoxy groups -OCH3 is 1. The zero-order valence-electron chi connectivity index (χ0n) is 23.3. The number of para-hydroxylation sites is 1. The van der Waals surface area contributed by atoms with Crippen molar-refractivity contribution in [2.75, 3.05) is 33.9 Å². The summed E-state index contributed by atoms with van der Waals surface area (Å²) in [6.45, 7) is 5.00. The monoisotopic (exact) mass is 588 g/mol. The molecule has 9 nitrogen and oxygen atoms in total. The lowest BCUT2D eigenvalue weighted by molar-refractivity contribution is 0.0905. The summed E-state index contributed by atoms with van der Waals surface area (Å²) in [5.41, 5.74) is 2.38. The van der Waals surface area contributed by atoms with Crippen LogP contribution in [-0.4, -0.2) is 76.6 Å². The molecule has 0 unspecified atom stereocenters. The topological polar surface area (TPSA) is 113 Å². The van der Waals surface area contributed by atoms with Crippen LogP contribution in [0.15, 0.2) is 76.5 Å². The smallest absolute Gasteiger partial charge is 0.247 e. The number of hydrogen-bond acceptors (Lipinski definition) is 7. The van der Waals surface area contributed by atoms with Gasteiger partial charge < -0.3 is 14.6 Å². The molecule has 0 saturated heterocycles. The number of aryl methyl sites for hydroxylation is 1. The van der Waals surface area contributed by atoms with Crippen LogP contribution >= 0.6 is 0 Å². The highest BCUT2D eigenvalue weighted by atomic mass is 32.2. The lowest BCUT2D eigenvalue weighted by atomic mass is 10.0. The first kappa shape index (κ1) is 30.0. The van der Waals surface area contributed by atoms with E-state index in [-0.39, 0.29) is 35.2 Å². The van der Waals surface area contributed by atoms with Crippen molar-refractivity contribution in [2.24, 2.45) is 5.92 Å². The first-order valence-electron chi connectivity index (χ1n) is 13.0. The van der Waals surface area contributed by atoms with E-state index >= 15 is 0 Å². The molecule has 0 aromatic heterocycles. The van der Waals surface area contributed by atoms with Gasteiger partial charge in [0.1, 0.15) is 22.5 Å². The van der Waals surface area contributed by atoms with Crippen LogP contribution in [0.3, 0.4) is 0 Å². The SMILES string of the molecule is COc1ccccc1-c1ccc2c(c1)O[C@@H](CN(C)S(=O)(=O)c1ccc(C)cc1)[C@H](C)CN([C@H](C)CO)S2(=O)=O. The summed E-state index contributed by atoms with van der Waals surface area (Å²) in [5, 5.41) is 9.89. The molecule has 0 fully saturated rings. The first-order valence-corrected chi connectivity index (χ1v) is 15.9. The Kier molecular flexibility index (Phi) is 8.91. The van der Waals surface area contributed by atoms with Crippen molar-refractivity contribution < 1.29 is 31.4 Å². The third-order valence-electron chi connectivity index (χ3n) is 7.25. The summed E-state index contributed by atoms with van der Waals surface area (Å²) < 4.78 is 68.7. The van der Waals surface area contributed by atoms with Gasteiger partial charge in [0.05, 0.1) is 25.2 Å². The maximum atomic E-state index is 13.8. The Balaban J connectivity index is 1.79. The van der Waals surface area contributed by atoms with Gasteiger partial charge in [-0.2, -0.15) is 8.61 Å². The number of ether oxygens (including phenoxy) is 2. The molecule has 0 bridgehead atoms. The van der Waals surface area contributed by atoms with Crippen LogP contribution in [0.4, 0.5) is 0 Å². The predicted molar refractivity (Wildman–Crippen MR) is 153 cm³/mol. The molecule has 0 spiro atoms. The Morgan fingerprint density at radius 2 is 1.80 bits per heavy atom. The van der Waals surface area contributed by atoms with Gasteiger partial charge >= 0.3 is 0 Å². The van der Waals surface area contributed by atoms with Crippen LogP contribution in [0.2, 0.25) is 0 Å². The van der Waals surface area contributed by atoms with Crippen molar-refractivity contribution in [3.05, 3.63) is 72.3 Å². The largest absolute Gasteiger partial charge is 0.496 e. The van der Waals surface area contributed by atoms with Gasteiger partial charge in [0.2, 0.25) is 20.0 Å². The molecular formula is C29H36N2O7S2. The molecule has 1 N–H and O–H groups in total. The maximum Gasteiger partial charge on any atom is 0.247 e. The van der Waals surface area contributed by atoms with Crippen molar-refractivity contribution in [3.63, 3.8) is 0 Å². The minimum atomic E-state index is -4.04. The number of sulfonamides is 2. The van der Waals surface area contributed by atoms with Gasteiger partial charge in [0, 0.05) is 31.1 Å². The standard InChI is InChI=1S/C29H36N2O7S2/c1-20-10-13-24(14-11-20)39(33,34)30(4)18-28-21(2)17-31(22(3)19-32)40(35,36)29-15-12-23(16-27(29)38-28)25-8-6-7-9-26(25)37-5/h6-16,21-22,28,32H,17-19H2,1-5H3/t21-,22-,28+/m1/s1. The van der Waals surface area contributed by atoms with Gasteiger partial charge in [-0.3, -0.25) is 0 Å². The fourth-order valence-corrected chi connectivity index (χ4v) is 7.74. The number of benzene rings is 3. The highest BCUT2D eigenvalue weighted by molar-refractivity contribution is 7.89. The van der Waals surface area contributed by atoms with E-state index in [2.05, 4.69) is 0 Å². The second-order valence-electron chi connectivity index (χ2n) is 10.2. The van der Waals surface area contributed by atoms with Crippen LogP contribution < -0.4 is 9.47 Å². The van der Waals surface area contributed by atoms with Crippen molar-refractivity contribution in [1.82, 2.24) is 8.61 Å². The normalized spacial score (nSPS) is 20.2. The Bertz CT molecular complexity index is 1560. The van der Waals surface area contributed by atoms with Gasteiger partial charge in [-0.25, -0.2) is 16.8 Å². The van der Waals surface area contributed by atoms with E-state index in [0.29, 0.717) is 11.3 Å². The summed E-state index contributed by atoms with van der Waals surface area (Å²) in [5.74, 6) is 0.305. The van der Waals surface area contributed by atoms with Crippen molar-refractivity contribution in [1.29, 1.82) is 0 Å². The first-order chi connectivity index (χ1) is 18.9. The molecule has 0 aliphatic carbocycles. The predicted octanol–water partition coefficient (Wildman–Crippen LogP) is 3.76. The van der Waals surface area contributed by atoms with E-state index in [4.69, 9.17) is 9.47 Å². The van der Waals surface area contributed by atoms with Gasteiger partial charge in [0.15, 0.2) is 0 Å². The molecule has 0 amide bonds. The zero-order valence-corrected chi connectivity index (χ0v) is 24.9. The minimum Gasteiger partial charge on any atom is -0.496 e. The Morgan fingerprint density at radius 3 is 2.45 bits per heavy atom. The lowest BCUT2D eigenvalue weighted by Gasteiger charge is -2.37. The molecular weight excluding hydrogens is 552 g/mol. The number of hydrogen-bond donors (Lipinski definition) is 1. The summed E-state index contributed by atoms with van der Waals surface area (Å²) in [6.07, 6.45) is -0.694. The van der Waals surface area contributed by atoms with Gasteiger partial charge in [-0.1, -0.05) is 48.9 Å². The Morgan fingerprint density at radius 1 is 1.12 bits per heavy atom. The van der Waals surface area contributed by atoms with Crippen molar-refractivity contribution in [2.45, 2.75) is 42.7 Å².